The number of aryl methyl sites for hydroxylation is 3. The van der Waals surface area contributed by atoms with E-state index in [1.807, 2.05) is 0 Å². The number of urea groups is 1. The summed E-state index contributed by atoms with van der Waals surface area (Å²) in [4.78, 5) is 13.4. The third kappa shape index (κ3) is 3.30. The number of anilines is 1. The van der Waals surface area contributed by atoms with Gasteiger partial charge in [0.25, 0.3) is 0 Å². The second-order valence-electron chi connectivity index (χ2n) is 8.08. The van der Waals surface area contributed by atoms with Crippen molar-refractivity contribution in [1.82, 2.24) is 14.5 Å². The number of hydrogen-bond acceptors (Lipinski definition) is 5. The number of benzene rings is 1. The van der Waals surface area contributed by atoms with E-state index in [1.54, 1.807) is 4.68 Å². The normalized spacial score (nSPS) is 19.2. The first-order chi connectivity index (χ1) is 14.6. The van der Waals surface area contributed by atoms with Crippen LogP contribution in [0, 0.1) is 0 Å². The number of rotatable bonds is 3. The Kier molecular flexibility index (Phi) is 5.02. The fourth-order valence-electron chi connectivity index (χ4n) is 4.88. The Labute approximate surface area is 176 Å². The largest absolute Gasteiger partial charge is 0.375 e. The summed E-state index contributed by atoms with van der Waals surface area (Å²) in [7, 11) is -1.71. The second kappa shape index (κ2) is 7.70. The Bertz CT molecular complexity index is 1100. The zero-order valence-electron chi connectivity index (χ0n) is 17.2. The highest BCUT2D eigenvalue weighted by molar-refractivity contribution is 7.92. The van der Waals surface area contributed by atoms with Crippen LogP contribution in [-0.4, -0.2) is 33.7 Å². The summed E-state index contributed by atoms with van der Waals surface area (Å²) in [5.74, 6) is 0. The van der Waals surface area contributed by atoms with Crippen molar-refractivity contribution in [3.63, 3.8) is 0 Å². The molecule has 3 aliphatic rings. The lowest BCUT2D eigenvalue weighted by Gasteiger charge is -2.18. The minimum Gasteiger partial charge on any atom is -0.375 e. The molecule has 1 aliphatic heterocycles. The van der Waals surface area contributed by atoms with Gasteiger partial charge in [-0.25, -0.2) is 18.1 Å². The first kappa shape index (κ1) is 19.6. The van der Waals surface area contributed by atoms with Crippen molar-refractivity contribution in [3.05, 3.63) is 40.2 Å². The van der Waals surface area contributed by atoms with Gasteiger partial charge in [0.15, 0.2) is 9.92 Å². The maximum atomic E-state index is 13.6. The average Bonchev–Trinajstić information content (AvgIpc) is 3.45. The maximum absolute atomic E-state index is 13.6. The molecular formula is C21H27N5O3S. The van der Waals surface area contributed by atoms with Crippen molar-refractivity contribution in [2.45, 2.75) is 63.0 Å². The molecule has 1 atom stereocenters. The Balaban J connectivity index is 1.44. The van der Waals surface area contributed by atoms with E-state index in [4.69, 9.17) is 4.74 Å². The Morgan fingerprint density at radius 1 is 1.17 bits per heavy atom. The lowest BCUT2D eigenvalue weighted by molar-refractivity contribution is 0.123. The van der Waals surface area contributed by atoms with E-state index in [0.29, 0.717) is 30.3 Å². The van der Waals surface area contributed by atoms with Crippen LogP contribution in [0.3, 0.4) is 0 Å². The van der Waals surface area contributed by atoms with Gasteiger partial charge in [-0.2, -0.15) is 5.10 Å². The molecule has 160 valence electrons. The molecule has 0 saturated heterocycles. The zero-order chi connectivity index (χ0) is 20.7. The molecule has 2 N–H and O–H groups in total. The number of hydrogen-bond donors (Lipinski definition) is 2. The minimum absolute atomic E-state index is 0.310. The predicted octanol–water partition coefficient (Wildman–Crippen LogP) is 2.97. The fourth-order valence-corrected chi connectivity index (χ4v) is 6.25. The van der Waals surface area contributed by atoms with Gasteiger partial charge in [0.2, 0.25) is 0 Å². The number of carbonyl (C=O) groups is 1. The van der Waals surface area contributed by atoms with Crippen LogP contribution in [0.15, 0.2) is 21.5 Å². The van der Waals surface area contributed by atoms with Gasteiger partial charge in [-0.15, -0.1) is 0 Å². The number of carbonyl (C=O) groups excluding carboxylic acids is 1. The number of aromatic nitrogens is 2. The maximum Gasteiger partial charge on any atom is 0.331 e. The smallest absolute Gasteiger partial charge is 0.331 e. The first-order valence-electron chi connectivity index (χ1n) is 10.6. The van der Waals surface area contributed by atoms with Crippen molar-refractivity contribution in [1.29, 1.82) is 0 Å². The van der Waals surface area contributed by atoms with Crippen LogP contribution in [0.25, 0.3) is 0 Å². The molecule has 9 heteroatoms. The molecule has 0 radical (unpaired) electrons. The number of nitrogens with zero attached hydrogens (tertiary/aromatic N) is 3. The quantitative estimate of drug-likeness (QED) is 0.784. The van der Waals surface area contributed by atoms with Crippen molar-refractivity contribution < 1.29 is 13.7 Å². The minimum atomic E-state index is -3.17. The summed E-state index contributed by atoms with van der Waals surface area (Å²) in [5.41, 5.74) is 6.78. The van der Waals surface area contributed by atoms with Crippen molar-refractivity contribution in [2.24, 2.45) is 4.36 Å². The van der Waals surface area contributed by atoms with E-state index < -0.39 is 15.9 Å². The molecule has 1 aromatic carbocycles. The molecule has 2 aliphatic carbocycles. The predicted molar refractivity (Wildman–Crippen MR) is 114 cm³/mol. The van der Waals surface area contributed by atoms with Gasteiger partial charge in [0.05, 0.1) is 18.5 Å². The molecule has 8 nitrogen and oxygen atoms in total. The van der Waals surface area contributed by atoms with Gasteiger partial charge in [0, 0.05) is 25.9 Å². The van der Waals surface area contributed by atoms with Crippen LogP contribution in [0.5, 0.6) is 0 Å². The number of fused-ring (bicyclic) bond motifs is 3. The zero-order valence-corrected chi connectivity index (χ0v) is 18.0. The summed E-state index contributed by atoms with van der Waals surface area (Å²) in [5, 5.41) is 7.38. The van der Waals surface area contributed by atoms with E-state index >= 15 is 0 Å². The monoisotopic (exact) mass is 429 g/mol. The lowest BCUT2D eigenvalue weighted by Crippen LogP contribution is -2.35. The lowest BCUT2D eigenvalue weighted by atomic mass is 9.99. The van der Waals surface area contributed by atoms with E-state index in [1.165, 1.54) is 35.5 Å². The van der Waals surface area contributed by atoms with Crippen molar-refractivity contribution >= 4 is 21.6 Å². The average molecular weight is 430 g/mol. The molecule has 1 aromatic heterocycles. The highest BCUT2D eigenvalue weighted by Crippen LogP contribution is 2.38. The Morgan fingerprint density at radius 2 is 1.90 bits per heavy atom. The Hall–Kier alpha value is -2.39. The SMILES string of the molecule is CN=S(=O)(NC(=O)Nc1c2c(cc3c1CCC3)CCC2)c1cnn2c1COCCC2. The molecular weight excluding hydrogens is 402 g/mol. The van der Waals surface area contributed by atoms with E-state index in [9.17, 15) is 9.00 Å². The molecule has 0 bridgehead atoms. The highest BCUT2D eigenvalue weighted by Gasteiger charge is 2.28. The second-order valence-corrected chi connectivity index (χ2v) is 10.1. The molecule has 5 rings (SSSR count). The van der Waals surface area contributed by atoms with Crippen LogP contribution in [0.1, 0.15) is 47.2 Å². The Morgan fingerprint density at radius 3 is 2.60 bits per heavy atom. The van der Waals surface area contributed by atoms with Crippen LogP contribution in [0.2, 0.25) is 0 Å². The van der Waals surface area contributed by atoms with Gasteiger partial charge in [-0.1, -0.05) is 6.07 Å². The summed E-state index contributed by atoms with van der Waals surface area (Å²) < 4.78 is 27.7. The van der Waals surface area contributed by atoms with Crippen LogP contribution < -0.4 is 10.0 Å². The molecule has 0 saturated carbocycles. The molecule has 2 amide bonds. The van der Waals surface area contributed by atoms with Gasteiger partial charge in [-0.05, 0) is 67.2 Å². The van der Waals surface area contributed by atoms with Crippen LogP contribution >= 0.6 is 0 Å². The standard InChI is InChI=1S/C21H27N5O3S/c1-22-30(28,19-12-23-26-9-4-10-29-13-18(19)26)25-21(27)24-20-16-7-2-5-14(16)11-15-6-3-8-17(15)20/h11-12H,2-10,13H2,1H3,(H2,22,24,25,27,28). The molecule has 0 fully saturated rings. The van der Waals surface area contributed by atoms with Crippen LogP contribution in [-0.2, 0) is 53.5 Å². The third-order valence-corrected chi connectivity index (χ3v) is 8.22. The van der Waals surface area contributed by atoms with E-state index in [-0.39, 0.29) is 0 Å². The van der Waals surface area contributed by atoms with Gasteiger partial charge in [-0.3, -0.25) is 4.68 Å². The summed E-state index contributed by atoms with van der Waals surface area (Å²) in [6.45, 7) is 1.64. The summed E-state index contributed by atoms with van der Waals surface area (Å²) in [6.07, 6.45) is 8.66. The molecule has 30 heavy (non-hydrogen) atoms. The molecule has 2 aromatic rings. The summed E-state index contributed by atoms with van der Waals surface area (Å²) in [6, 6.07) is 1.83. The molecule has 2 heterocycles. The number of nitrogens with one attached hydrogen (secondary N) is 2. The van der Waals surface area contributed by atoms with Crippen molar-refractivity contribution in [2.75, 3.05) is 19.0 Å². The van der Waals surface area contributed by atoms with Gasteiger partial charge >= 0.3 is 6.03 Å². The number of amides is 2. The highest BCUT2D eigenvalue weighted by atomic mass is 32.2. The van der Waals surface area contributed by atoms with Gasteiger partial charge in [0.1, 0.15) is 4.90 Å². The summed E-state index contributed by atoms with van der Waals surface area (Å²) >= 11 is 0. The first-order valence-corrected chi connectivity index (χ1v) is 12.1. The topological polar surface area (TPSA) is 97.6 Å². The molecule has 1 unspecified atom stereocenters. The molecule has 0 spiro atoms. The fraction of sp³-hybridized carbons (Fsp3) is 0.524. The van der Waals surface area contributed by atoms with Crippen LogP contribution in [0.4, 0.5) is 10.5 Å². The van der Waals surface area contributed by atoms with E-state index in [0.717, 1.165) is 50.6 Å². The van der Waals surface area contributed by atoms with Crippen molar-refractivity contribution in [3.8, 4) is 0 Å². The third-order valence-electron chi connectivity index (χ3n) is 6.31. The number of ether oxygens (including phenoxy) is 1. The van der Waals surface area contributed by atoms with Gasteiger partial charge < -0.3 is 10.1 Å². The van der Waals surface area contributed by atoms with E-state index in [2.05, 4.69) is 25.6 Å².